The van der Waals surface area contributed by atoms with Gasteiger partial charge < -0.3 is 9.64 Å². The van der Waals surface area contributed by atoms with Crippen molar-refractivity contribution in [1.29, 1.82) is 0 Å². The van der Waals surface area contributed by atoms with Crippen molar-refractivity contribution in [3.63, 3.8) is 0 Å². The van der Waals surface area contributed by atoms with Gasteiger partial charge in [0.25, 0.3) is 0 Å². The lowest BCUT2D eigenvalue weighted by Gasteiger charge is -2.36. The van der Waals surface area contributed by atoms with Crippen molar-refractivity contribution in [2.75, 3.05) is 39.4 Å². The highest BCUT2D eigenvalue weighted by molar-refractivity contribution is 5.79. The van der Waals surface area contributed by atoms with Crippen LogP contribution in [0, 0.1) is 5.92 Å². The summed E-state index contributed by atoms with van der Waals surface area (Å²) in [6.07, 6.45) is 6.19. The van der Waals surface area contributed by atoms with Crippen LogP contribution in [-0.2, 0) is 21.6 Å². The van der Waals surface area contributed by atoms with Crippen LogP contribution in [0.3, 0.4) is 0 Å². The van der Waals surface area contributed by atoms with E-state index >= 15 is 0 Å². The van der Waals surface area contributed by atoms with Gasteiger partial charge in [-0.1, -0.05) is 0 Å². The second kappa shape index (κ2) is 7.23. The van der Waals surface area contributed by atoms with E-state index < -0.39 is 0 Å². The van der Waals surface area contributed by atoms with E-state index in [1.807, 2.05) is 15.8 Å². The SMILES string of the molecule is CC(C)(C)n1cc(CN2CCCC(C(=O)N3CCOCC3)C2)cn1. The third-order valence-corrected chi connectivity index (χ3v) is 4.91. The molecule has 3 heterocycles. The van der Waals surface area contributed by atoms with E-state index in [9.17, 15) is 4.79 Å². The van der Waals surface area contributed by atoms with E-state index in [2.05, 4.69) is 37.0 Å². The fourth-order valence-corrected chi connectivity index (χ4v) is 3.51. The molecule has 2 aliphatic rings. The zero-order valence-corrected chi connectivity index (χ0v) is 15.2. The number of carbonyl (C=O) groups excluding carboxylic acids is 1. The molecule has 2 aliphatic heterocycles. The summed E-state index contributed by atoms with van der Waals surface area (Å²) in [6, 6.07) is 0. The topological polar surface area (TPSA) is 50.6 Å². The molecule has 6 nitrogen and oxygen atoms in total. The average Bonchev–Trinajstić information content (AvgIpc) is 3.04. The number of hydrogen-bond donors (Lipinski definition) is 0. The number of rotatable bonds is 3. The molecule has 0 bridgehead atoms. The molecular weight excluding hydrogens is 304 g/mol. The maximum absolute atomic E-state index is 12.7. The molecule has 24 heavy (non-hydrogen) atoms. The molecule has 0 radical (unpaired) electrons. The van der Waals surface area contributed by atoms with E-state index in [-0.39, 0.29) is 11.5 Å². The first-order valence-corrected chi connectivity index (χ1v) is 9.06. The van der Waals surface area contributed by atoms with Gasteiger partial charge in [0.2, 0.25) is 5.91 Å². The molecule has 134 valence electrons. The van der Waals surface area contributed by atoms with E-state index in [1.54, 1.807) is 0 Å². The van der Waals surface area contributed by atoms with Crippen molar-refractivity contribution in [2.24, 2.45) is 5.92 Å². The molecule has 0 spiro atoms. The normalized spacial score (nSPS) is 23.5. The summed E-state index contributed by atoms with van der Waals surface area (Å²) in [5, 5.41) is 4.48. The fraction of sp³-hybridized carbons (Fsp3) is 0.778. The van der Waals surface area contributed by atoms with Gasteiger partial charge in [0.15, 0.2) is 0 Å². The van der Waals surface area contributed by atoms with Crippen LogP contribution < -0.4 is 0 Å². The Bertz CT molecular complexity index is 558. The van der Waals surface area contributed by atoms with Gasteiger partial charge in [0.1, 0.15) is 0 Å². The highest BCUT2D eigenvalue weighted by Gasteiger charge is 2.30. The summed E-state index contributed by atoms with van der Waals surface area (Å²) in [5.74, 6) is 0.447. The quantitative estimate of drug-likeness (QED) is 0.844. The number of hydrogen-bond acceptors (Lipinski definition) is 4. The maximum Gasteiger partial charge on any atom is 0.227 e. The van der Waals surface area contributed by atoms with Crippen LogP contribution in [0.2, 0.25) is 0 Å². The molecule has 1 unspecified atom stereocenters. The lowest BCUT2D eigenvalue weighted by Crippen LogP contribution is -2.48. The van der Waals surface area contributed by atoms with Crippen molar-refractivity contribution in [3.8, 4) is 0 Å². The Morgan fingerprint density at radius 1 is 1.29 bits per heavy atom. The number of ether oxygens (including phenoxy) is 1. The number of carbonyl (C=O) groups is 1. The predicted molar refractivity (Wildman–Crippen MR) is 92.6 cm³/mol. The summed E-state index contributed by atoms with van der Waals surface area (Å²) < 4.78 is 7.37. The Morgan fingerprint density at radius 2 is 2.04 bits per heavy atom. The van der Waals surface area contributed by atoms with E-state index in [1.165, 1.54) is 5.56 Å². The number of nitrogens with zero attached hydrogens (tertiary/aromatic N) is 4. The Labute approximate surface area is 144 Å². The number of piperidine rings is 1. The van der Waals surface area contributed by atoms with Crippen molar-refractivity contribution in [2.45, 2.75) is 45.7 Å². The van der Waals surface area contributed by atoms with Crippen LogP contribution in [0.5, 0.6) is 0 Å². The Kier molecular flexibility index (Phi) is 5.25. The first-order valence-electron chi connectivity index (χ1n) is 9.06. The minimum atomic E-state index is 0.00891. The summed E-state index contributed by atoms with van der Waals surface area (Å²) in [7, 11) is 0. The van der Waals surface area contributed by atoms with Crippen LogP contribution in [0.4, 0.5) is 0 Å². The molecule has 0 aromatic carbocycles. The zero-order chi connectivity index (χ0) is 17.2. The van der Waals surface area contributed by atoms with Crippen molar-refractivity contribution in [1.82, 2.24) is 19.6 Å². The number of amides is 1. The Hall–Kier alpha value is -1.40. The molecule has 1 atom stereocenters. The van der Waals surface area contributed by atoms with Crippen LogP contribution in [0.1, 0.15) is 39.2 Å². The average molecular weight is 334 g/mol. The third kappa shape index (κ3) is 4.16. The lowest BCUT2D eigenvalue weighted by atomic mass is 9.96. The highest BCUT2D eigenvalue weighted by atomic mass is 16.5. The zero-order valence-electron chi connectivity index (χ0n) is 15.2. The van der Waals surface area contributed by atoms with Crippen LogP contribution >= 0.6 is 0 Å². The monoisotopic (exact) mass is 334 g/mol. The van der Waals surface area contributed by atoms with E-state index in [0.29, 0.717) is 19.1 Å². The van der Waals surface area contributed by atoms with Gasteiger partial charge in [-0.15, -0.1) is 0 Å². The molecule has 2 saturated heterocycles. The fourth-order valence-electron chi connectivity index (χ4n) is 3.51. The van der Waals surface area contributed by atoms with Crippen LogP contribution in [0.15, 0.2) is 12.4 Å². The lowest BCUT2D eigenvalue weighted by molar-refractivity contribution is -0.141. The van der Waals surface area contributed by atoms with Gasteiger partial charge in [-0.05, 0) is 40.2 Å². The predicted octanol–water partition coefficient (Wildman–Crippen LogP) is 1.71. The first-order chi connectivity index (χ1) is 11.4. The maximum atomic E-state index is 12.7. The van der Waals surface area contributed by atoms with Gasteiger partial charge in [-0.3, -0.25) is 14.4 Å². The Morgan fingerprint density at radius 3 is 2.71 bits per heavy atom. The summed E-state index contributed by atoms with van der Waals surface area (Å²) in [5.41, 5.74) is 1.24. The van der Waals surface area contributed by atoms with Gasteiger partial charge in [-0.25, -0.2) is 0 Å². The molecule has 3 rings (SSSR count). The first kappa shape index (κ1) is 17.4. The smallest absolute Gasteiger partial charge is 0.227 e. The molecule has 0 aliphatic carbocycles. The third-order valence-electron chi connectivity index (χ3n) is 4.91. The van der Waals surface area contributed by atoms with Crippen molar-refractivity contribution >= 4 is 5.91 Å². The molecule has 1 aromatic heterocycles. The summed E-state index contributed by atoms with van der Waals surface area (Å²) in [4.78, 5) is 17.1. The number of aromatic nitrogens is 2. The molecule has 2 fully saturated rings. The molecule has 0 N–H and O–H groups in total. The standard InChI is InChI=1S/C18H30N4O2/c1-18(2,3)22-13-15(11-19-22)12-20-6-4-5-16(14-20)17(23)21-7-9-24-10-8-21/h11,13,16H,4-10,12,14H2,1-3H3. The summed E-state index contributed by atoms with van der Waals surface area (Å²) >= 11 is 0. The molecule has 6 heteroatoms. The molecular formula is C18H30N4O2. The largest absolute Gasteiger partial charge is 0.378 e. The summed E-state index contributed by atoms with van der Waals surface area (Å²) in [6.45, 7) is 12.1. The number of morpholine rings is 1. The second-order valence-corrected chi connectivity index (χ2v) is 7.98. The van der Waals surface area contributed by atoms with Crippen molar-refractivity contribution < 1.29 is 9.53 Å². The molecule has 0 saturated carbocycles. The Balaban J connectivity index is 1.57. The van der Waals surface area contributed by atoms with Gasteiger partial charge in [0.05, 0.1) is 30.9 Å². The minimum Gasteiger partial charge on any atom is -0.378 e. The van der Waals surface area contributed by atoms with E-state index in [0.717, 1.165) is 45.6 Å². The highest BCUT2D eigenvalue weighted by Crippen LogP contribution is 2.22. The van der Waals surface area contributed by atoms with Crippen LogP contribution in [0.25, 0.3) is 0 Å². The van der Waals surface area contributed by atoms with Gasteiger partial charge in [-0.2, -0.15) is 5.10 Å². The molecule has 1 aromatic rings. The van der Waals surface area contributed by atoms with E-state index in [4.69, 9.17) is 4.74 Å². The van der Waals surface area contributed by atoms with Gasteiger partial charge in [0, 0.05) is 37.9 Å². The van der Waals surface area contributed by atoms with Crippen LogP contribution in [-0.4, -0.2) is 64.9 Å². The second-order valence-electron chi connectivity index (χ2n) is 7.98. The van der Waals surface area contributed by atoms with Crippen molar-refractivity contribution in [3.05, 3.63) is 18.0 Å². The number of likely N-dealkylation sites (tertiary alicyclic amines) is 1. The van der Waals surface area contributed by atoms with Gasteiger partial charge >= 0.3 is 0 Å². The minimum absolute atomic E-state index is 0.00891. The molecule has 1 amide bonds.